The van der Waals surface area contributed by atoms with Gasteiger partial charge in [0.2, 0.25) is 0 Å². The number of carbonyl (C=O) groups is 2. The summed E-state index contributed by atoms with van der Waals surface area (Å²) in [5.41, 5.74) is 3.75. The highest BCUT2D eigenvalue weighted by Gasteiger charge is 2.30. The highest BCUT2D eigenvalue weighted by Crippen LogP contribution is 2.40. The smallest absolute Gasteiger partial charge is 0.337 e. The van der Waals surface area contributed by atoms with Crippen molar-refractivity contribution in [1.82, 2.24) is 10.3 Å². The van der Waals surface area contributed by atoms with Gasteiger partial charge in [-0.3, -0.25) is 10.2 Å². The Morgan fingerprint density at radius 1 is 1.20 bits per heavy atom. The van der Waals surface area contributed by atoms with Crippen molar-refractivity contribution in [3.05, 3.63) is 51.2 Å². The summed E-state index contributed by atoms with van der Waals surface area (Å²) in [6, 6.07) is 7.26. The van der Waals surface area contributed by atoms with E-state index in [1.54, 1.807) is 0 Å². The third kappa shape index (κ3) is 4.91. The zero-order valence-corrected chi connectivity index (χ0v) is 19.1. The maximum absolute atomic E-state index is 12.5. The van der Waals surface area contributed by atoms with E-state index in [4.69, 9.17) is 0 Å². The second-order valence-corrected chi connectivity index (χ2v) is 11.3. The summed E-state index contributed by atoms with van der Waals surface area (Å²) in [5, 5.41) is 0. The molecule has 0 bridgehead atoms. The SMILES string of the molecule is COC(=O)c1cccc(S(=O)(=O)NNC(=O)c2cc3c(s2)CCC(C(C)(C)C)C3)c1. The average Bonchev–Trinajstić information content (AvgIpc) is 3.14. The maximum Gasteiger partial charge on any atom is 0.337 e. The number of nitrogens with one attached hydrogen (secondary N) is 2. The van der Waals surface area contributed by atoms with Crippen molar-refractivity contribution in [1.29, 1.82) is 0 Å². The van der Waals surface area contributed by atoms with Gasteiger partial charge < -0.3 is 4.74 Å². The van der Waals surface area contributed by atoms with Gasteiger partial charge in [0.15, 0.2) is 0 Å². The number of carbonyl (C=O) groups excluding carboxylic acids is 2. The fourth-order valence-electron chi connectivity index (χ4n) is 3.52. The molecule has 1 heterocycles. The van der Waals surface area contributed by atoms with Gasteiger partial charge in [-0.2, -0.15) is 0 Å². The van der Waals surface area contributed by atoms with E-state index >= 15 is 0 Å². The Balaban J connectivity index is 1.69. The van der Waals surface area contributed by atoms with Gasteiger partial charge in [0.1, 0.15) is 0 Å². The number of hydrazine groups is 1. The van der Waals surface area contributed by atoms with E-state index in [1.807, 2.05) is 6.07 Å². The Bertz CT molecular complexity index is 1070. The molecule has 0 radical (unpaired) electrons. The molecule has 162 valence electrons. The van der Waals surface area contributed by atoms with E-state index in [9.17, 15) is 18.0 Å². The molecule has 30 heavy (non-hydrogen) atoms. The molecule has 9 heteroatoms. The molecule has 1 atom stereocenters. The van der Waals surface area contributed by atoms with Gasteiger partial charge >= 0.3 is 5.97 Å². The lowest BCUT2D eigenvalue weighted by Gasteiger charge is -2.33. The van der Waals surface area contributed by atoms with Crippen molar-refractivity contribution in [2.75, 3.05) is 7.11 Å². The van der Waals surface area contributed by atoms with Crippen LogP contribution in [-0.4, -0.2) is 27.4 Å². The number of ether oxygens (including phenoxy) is 1. The van der Waals surface area contributed by atoms with Crippen LogP contribution in [0.2, 0.25) is 0 Å². The molecule has 3 rings (SSSR count). The predicted octanol–water partition coefficient (Wildman–Crippen LogP) is 3.31. The molecule has 0 fully saturated rings. The van der Waals surface area contributed by atoms with E-state index < -0.39 is 21.9 Å². The molecule has 0 saturated carbocycles. The number of hydrogen-bond acceptors (Lipinski definition) is 6. The molecule has 1 unspecified atom stereocenters. The first-order chi connectivity index (χ1) is 14.0. The normalized spacial score (nSPS) is 16.6. The van der Waals surface area contributed by atoms with Crippen LogP contribution in [0.15, 0.2) is 35.2 Å². The van der Waals surface area contributed by atoms with Gasteiger partial charge in [0.25, 0.3) is 15.9 Å². The van der Waals surface area contributed by atoms with E-state index in [2.05, 4.69) is 35.8 Å². The Kier molecular flexibility index (Phi) is 6.35. The van der Waals surface area contributed by atoms with Gasteiger partial charge in [-0.1, -0.05) is 26.8 Å². The van der Waals surface area contributed by atoms with Crippen LogP contribution in [0.25, 0.3) is 0 Å². The maximum atomic E-state index is 12.5. The fraction of sp³-hybridized carbons (Fsp3) is 0.429. The Hall–Kier alpha value is -2.23. The van der Waals surface area contributed by atoms with Crippen LogP contribution in [-0.2, 0) is 27.6 Å². The van der Waals surface area contributed by atoms with Crippen LogP contribution in [0.4, 0.5) is 0 Å². The summed E-state index contributed by atoms with van der Waals surface area (Å²) in [4.78, 5) is 27.8. The van der Waals surface area contributed by atoms with Crippen molar-refractivity contribution < 1.29 is 22.7 Å². The molecule has 1 aliphatic carbocycles. The van der Waals surface area contributed by atoms with E-state index in [0.717, 1.165) is 19.3 Å². The van der Waals surface area contributed by atoms with Gasteiger partial charge in [-0.25, -0.2) is 13.2 Å². The fourth-order valence-corrected chi connectivity index (χ4v) is 5.51. The first-order valence-corrected chi connectivity index (χ1v) is 11.9. The second kappa shape index (κ2) is 8.49. The largest absolute Gasteiger partial charge is 0.465 e. The zero-order chi connectivity index (χ0) is 22.1. The molecule has 2 aromatic rings. The zero-order valence-electron chi connectivity index (χ0n) is 17.4. The number of esters is 1. The molecular weight excluding hydrogens is 424 g/mol. The highest BCUT2D eigenvalue weighted by molar-refractivity contribution is 7.89. The lowest BCUT2D eigenvalue weighted by atomic mass is 9.72. The van der Waals surface area contributed by atoms with Gasteiger partial charge in [-0.15, -0.1) is 16.2 Å². The molecule has 0 saturated heterocycles. The number of rotatable bonds is 5. The van der Waals surface area contributed by atoms with Crippen LogP contribution < -0.4 is 10.3 Å². The third-order valence-corrected chi connectivity index (χ3v) is 7.88. The van der Waals surface area contributed by atoms with Crippen LogP contribution in [0.1, 0.15) is 57.7 Å². The minimum atomic E-state index is -4.04. The molecule has 1 aromatic heterocycles. The molecule has 0 aliphatic heterocycles. The third-order valence-electron chi connectivity index (χ3n) is 5.40. The summed E-state index contributed by atoms with van der Waals surface area (Å²) < 4.78 is 29.6. The number of amides is 1. The van der Waals surface area contributed by atoms with Gasteiger partial charge in [0, 0.05) is 4.88 Å². The first kappa shape index (κ1) is 22.5. The Morgan fingerprint density at radius 3 is 2.60 bits per heavy atom. The predicted molar refractivity (Wildman–Crippen MR) is 115 cm³/mol. The van der Waals surface area contributed by atoms with E-state index in [-0.39, 0.29) is 15.9 Å². The molecular formula is C21H26N2O5S2. The summed E-state index contributed by atoms with van der Waals surface area (Å²) in [7, 11) is -2.83. The van der Waals surface area contributed by atoms with E-state index in [1.165, 1.54) is 53.2 Å². The second-order valence-electron chi connectivity index (χ2n) is 8.44. The summed E-state index contributed by atoms with van der Waals surface area (Å²) in [6.07, 6.45) is 2.94. The number of sulfonamides is 1. The summed E-state index contributed by atoms with van der Waals surface area (Å²) in [5.74, 6) is -0.598. The molecule has 7 nitrogen and oxygen atoms in total. The van der Waals surface area contributed by atoms with Crippen molar-refractivity contribution >= 4 is 33.2 Å². The van der Waals surface area contributed by atoms with Crippen LogP contribution in [0.5, 0.6) is 0 Å². The minimum absolute atomic E-state index is 0.103. The Labute approximate surface area is 180 Å². The van der Waals surface area contributed by atoms with Crippen molar-refractivity contribution in [3.63, 3.8) is 0 Å². The lowest BCUT2D eigenvalue weighted by molar-refractivity contribution is 0.0600. The summed E-state index contributed by atoms with van der Waals surface area (Å²) in [6.45, 7) is 6.69. The van der Waals surface area contributed by atoms with Crippen molar-refractivity contribution in [2.45, 2.75) is 44.9 Å². The number of thiophene rings is 1. The average molecular weight is 451 g/mol. The lowest BCUT2D eigenvalue weighted by Crippen LogP contribution is -2.41. The monoisotopic (exact) mass is 450 g/mol. The topological polar surface area (TPSA) is 102 Å². The summed E-state index contributed by atoms with van der Waals surface area (Å²) >= 11 is 1.40. The van der Waals surface area contributed by atoms with Crippen LogP contribution >= 0.6 is 11.3 Å². The number of hydrogen-bond donors (Lipinski definition) is 2. The van der Waals surface area contributed by atoms with Crippen LogP contribution in [0, 0.1) is 11.3 Å². The molecule has 0 spiro atoms. The Morgan fingerprint density at radius 2 is 1.93 bits per heavy atom. The van der Waals surface area contributed by atoms with Crippen LogP contribution in [0.3, 0.4) is 0 Å². The quantitative estimate of drug-likeness (QED) is 0.538. The first-order valence-electron chi connectivity index (χ1n) is 9.63. The van der Waals surface area contributed by atoms with Gasteiger partial charge in [-0.05, 0) is 60.4 Å². The highest BCUT2D eigenvalue weighted by atomic mass is 32.2. The molecule has 1 aliphatic rings. The number of benzene rings is 1. The van der Waals surface area contributed by atoms with Crippen molar-refractivity contribution in [3.8, 4) is 0 Å². The number of methoxy groups -OCH3 is 1. The molecule has 1 aromatic carbocycles. The molecule has 1 amide bonds. The number of aryl methyl sites for hydroxylation is 1. The standard InChI is InChI=1S/C21H26N2O5S2/c1-21(2,3)15-8-9-17-14(10-15)12-18(29-17)19(24)22-23-30(26,27)16-7-5-6-13(11-16)20(25)28-4/h5-7,11-12,15,23H,8-10H2,1-4H3,(H,22,24). The molecule has 2 N–H and O–H groups in total. The minimum Gasteiger partial charge on any atom is -0.465 e. The van der Waals surface area contributed by atoms with E-state index in [0.29, 0.717) is 10.8 Å². The number of fused-ring (bicyclic) bond motifs is 1. The van der Waals surface area contributed by atoms with Gasteiger partial charge in [0.05, 0.1) is 22.4 Å². The van der Waals surface area contributed by atoms with Crippen molar-refractivity contribution in [2.24, 2.45) is 11.3 Å².